The lowest BCUT2D eigenvalue weighted by Gasteiger charge is -2.47. The third-order valence-electron chi connectivity index (χ3n) is 10.2. The van der Waals surface area contributed by atoms with Gasteiger partial charge in [-0.1, -0.05) is 0 Å². The second kappa shape index (κ2) is 18.5. The van der Waals surface area contributed by atoms with Gasteiger partial charge in [-0.05, 0) is 0 Å². The van der Waals surface area contributed by atoms with Crippen molar-refractivity contribution in [3.05, 3.63) is 0 Å². The van der Waals surface area contributed by atoms with E-state index in [0.29, 0.717) is 0 Å². The highest BCUT2D eigenvalue weighted by Gasteiger charge is 2.56. The Kier molecular flexibility index (Phi) is 14.7. The van der Waals surface area contributed by atoms with Gasteiger partial charge in [0.2, 0.25) is 0 Å². The van der Waals surface area contributed by atoms with Crippen LogP contribution in [0.1, 0.15) is 0 Å². The number of hydrogen-bond donors (Lipinski definition) is 14. The third-order valence-corrected chi connectivity index (χ3v) is 10.2. The summed E-state index contributed by atoms with van der Waals surface area (Å²) in [5.74, 6) is 0. The van der Waals surface area contributed by atoms with Crippen LogP contribution in [0, 0.1) is 0 Å². The van der Waals surface area contributed by atoms with E-state index >= 15 is 0 Å². The van der Waals surface area contributed by atoms with Crippen LogP contribution in [0.15, 0.2) is 0 Å². The Balaban J connectivity index is 1.24. The zero-order valence-corrected chi connectivity index (χ0v) is 28.9. The van der Waals surface area contributed by atoms with Gasteiger partial charge in [0.25, 0.3) is 0 Å². The van der Waals surface area contributed by atoms with Gasteiger partial charge >= 0.3 is 0 Å². The van der Waals surface area contributed by atoms with E-state index < -0.39 is 187 Å². The van der Waals surface area contributed by atoms with E-state index in [9.17, 15) is 71.5 Å². The molecule has 320 valence electrons. The number of ether oxygens (including phenoxy) is 11. The lowest BCUT2D eigenvalue weighted by atomic mass is 10.0. The fraction of sp³-hybridized carbons (Fsp3) is 1.00. The average molecular weight is 811 g/mol. The minimum Gasteiger partial charge on any atom is -0.394 e. The second-order valence-electron chi connectivity index (χ2n) is 14.0. The first-order valence-electron chi connectivity index (χ1n) is 17.6. The Morgan fingerprint density at radius 1 is 0.364 bits per heavy atom. The molecule has 0 aromatic rings. The molecule has 6 aliphatic heterocycles. The molecule has 6 heterocycles. The highest BCUT2D eigenvalue weighted by Crippen LogP contribution is 2.36. The average Bonchev–Trinajstić information content (AvgIpc) is 3.61. The van der Waals surface area contributed by atoms with Crippen molar-refractivity contribution in [1.29, 1.82) is 0 Å². The van der Waals surface area contributed by atoms with E-state index in [0.717, 1.165) is 0 Å². The van der Waals surface area contributed by atoms with Crippen LogP contribution < -0.4 is 0 Å². The van der Waals surface area contributed by atoms with Gasteiger partial charge in [0.05, 0.1) is 39.6 Å². The molecule has 6 fully saturated rings. The van der Waals surface area contributed by atoms with Crippen LogP contribution in [0.25, 0.3) is 0 Å². The first-order chi connectivity index (χ1) is 26.1. The standard InChI is InChI=1S/C30H50O25/c31-1-8-14(35)21(42)28(49-8)54-23-12(53-26-19(40)13(34)7(33)3-46-26)6-48-30(24(23)55-29-22(43)15(36)9(2-32)50-29)52-11-5-47-27(20(41)17(11)38)51-10-4-45-25(44)18(39)16(10)37/h7-44H,1-6H2/t7-,8+,9+,10-,11-,12-,13+,14+,15+,16+,17+,18-,19-,20-,21-,22-,23+,24-,25?,26+,27+,28+,29+,30+/m1/s1. The lowest BCUT2D eigenvalue weighted by molar-refractivity contribution is -0.382. The summed E-state index contributed by atoms with van der Waals surface area (Å²) in [6.07, 6.45) is -39.6. The Morgan fingerprint density at radius 3 is 1.35 bits per heavy atom. The molecular weight excluding hydrogens is 760 g/mol. The van der Waals surface area contributed by atoms with Gasteiger partial charge in [0.15, 0.2) is 37.7 Å². The monoisotopic (exact) mass is 810 g/mol. The van der Waals surface area contributed by atoms with E-state index in [-0.39, 0.29) is 0 Å². The molecule has 0 radical (unpaired) electrons. The minimum absolute atomic E-state index is 0.416. The molecule has 14 N–H and O–H groups in total. The van der Waals surface area contributed by atoms with Gasteiger partial charge in [-0.25, -0.2) is 0 Å². The molecule has 25 nitrogen and oxygen atoms in total. The van der Waals surface area contributed by atoms with Crippen LogP contribution in [0.2, 0.25) is 0 Å². The zero-order chi connectivity index (χ0) is 39.9. The van der Waals surface area contributed by atoms with Gasteiger partial charge in [0.1, 0.15) is 110 Å². The molecule has 0 aliphatic carbocycles. The zero-order valence-electron chi connectivity index (χ0n) is 28.9. The van der Waals surface area contributed by atoms with Crippen LogP contribution >= 0.6 is 0 Å². The van der Waals surface area contributed by atoms with Crippen LogP contribution in [0.4, 0.5) is 0 Å². The minimum atomic E-state index is -1.88. The molecule has 6 saturated heterocycles. The van der Waals surface area contributed by atoms with Crippen LogP contribution in [-0.4, -0.2) is 259 Å². The topological polar surface area (TPSA) is 385 Å². The van der Waals surface area contributed by atoms with Crippen molar-refractivity contribution in [3.63, 3.8) is 0 Å². The van der Waals surface area contributed by atoms with Crippen molar-refractivity contribution in [2.24, 2.45) is 0 Å². The summed E-state index contributed by atoms with van der Waals surface area (Å²) < 4.78 is 62.2. The SMILES string of the molecule is OC[C@@H]1O[C@@H](O[C@@H]2[C@@H](O[C@@H]3O[C@@H](CO)[C@H](O)[C@H]3O)[C@H](O[C@@H]3CO[C@@H](O[C@@H]4COC(O)[C@H](O)[C@H]4O)[C@H](O)[C@H]3O)OC[C@H]2O[C@@H]2OC[C@@H](O)[C@H](O)[C@H]2O)[C@H](O)[C@H]1O. The molecule has 1 unspecified atom stereocenters. The molecule has 6 aliphatic rings. The van der Waals surface area contributed by atoms with Crippen LogP contribution in [0.3, 0.4) is 0 Å². The largest absolute Gasteiger partial charge is 0.394 e. The number of aliphatic hydroxyl groups is 14. The van der Waals surface area contributed by atoms with E-state index in [1.54, 1.807) is 0 Å². The fourth-order valence-corrected chi connectivity index (χ4v) is 6.87. The van der Waals surface area contributed by atoms with Gasteiger partial charge in [-0.2, -0.15) is 0 Å². The third kappa shape index (κ3) is 9.11. The molecule has 55 heavy (non-hydrogen) atoms. The molecule has 25 heteroatoms. The molecule has 6 rings (SSSR count). The molecular formula is C30H50O25. The van der Waals surface area contributed by atoms with Crippen molar-refractivity contribution in [2.45, 2.75) is 148 Å². The number of hydrogen-bond acceptors (Lipinski definition) is 25. The molecule has 0 spiro atoms. The summed E-state index contributed by atoms with van der Waals surface area (Å²) in [5, 5.41) is 144. The molecule has 0 aromatic heterocycles. The maximum Gasteiger partial charge on any atom is 0.187 e. The summed E-state index contributed by atoms with van der Waals surface area (Å²) >= 11 is 0. The Hall–Kier alpha value is -1.00. The van der Waals surface area contributed by atoms with Gasteiger partial charge in [0, 0.05) is 0 Å². The number of aliphatic hydroxyl groups excluding tert-OH is 14. The Labute approximate surface area is 311 Å². The van der Waals surface area contributed by atoms with E-state index in [1.807, 2.05) is 0 Å². The van der Waals surface area contributed by atoms with Crippen molar-refractivity contribution in [2.75, 3.05) is 39.6 Å². The first kappa shape index (κ1) is 43.6. The predicted molar refractivity (Wildman–Crippen MR) is 163 cm³/mol. The van der Waals surface area contributed by atoms with Gasteiger partial charge in [-0.3, -0.25) is 0 Å². The van der Waals surface area contributed by atoms with Crippen molar-refractivity contribution in [1.82, 2.24) is 0 Å². The van der Waals surface area contributed by atoms with Crippen molar-refractivity contribution >= 4 is 0 Å². The first-order valence-corrected chi connectivity index (χ1v) is 17.6. The second-order valence-corrected chi connectivity index (χ2v) is 14.0. The van der Waals surface area contributed by atoms with Gasteiger partial charge in [-0.15, -0.1) is 0 Å². The molecule has 0 bridgehead atoms. The van der Waals surface area contributed by atoms with Crippen molar-refractivity contribution < 1.29 is 124 Å². The normalized spacial score (nSPS) is 53.8. The van der Waals surface area contributed by atoms with Gasteiger partial charge < -0.3 is 124 Å². The van der Waals surface area contributed by atoms with E-state index in [1.165, 1.54) is 0 Å². The molecule has 24 atom stereocenters. The predicted octanol–water partition coefficient (Wildman–Crippen LogP) is -10.3. The highest BCUT2D eigenvalue weighted by molar-refractivity contribution is 4.96. The highest BCUT2D eigenvalue weighted by atomic mass is 16.8. The van der Waals surface area contributed by atoms with Crippen LogP contribution in [0.5, 0.6) is 0 Å². The smallest absolute Gasteiger partial charge is 0.187 e. The number of rotatable bonds is 12. The molecule has 0 aromatic carbocycles. The Bertz CT molecular complexity index is 1210. The Morgan fingerprint density at radius 2 is 0.782 bits per heavy atom. The molecule has 0 saturated carbocycles. The summed E-state index contributed by atoms with van der Waals surface area (Å²) in [7, 11) is 0. The summed E-state index contributed by atoms with van der Waals surface area (Å²) in [4.78, 5) is 0. The maximum atomic E-state index is 11.1. The summed E-state index contributed by atoms with van der Waals surface area (Å²) in [6, 6.07) is 0. The summed E-state index contributed by atoms with van der Waals surface area (Å²) in [6.45, 7) is -3.50. The maximum absolute atomic E-state index is 11.1. The quantitative estimate of drug-likeness (QED) is 0.0870. The molecule has 0 amide bonds. The van der Waals surface area contributed by atoms with E-state index in [2.05, 4.69) is 0 Å². The fourth-order valence-electron chi connectivity index (χ4n) is 6.87. The van der Waals surface area contributed by atoms with Crippen molar-refractivity contribution in [3.8, 4) is 0 Å². The lowest BCUT2D eigenvalue weighted by Crippen LogP contribution is -2.64. The summed E-state index contributed by atoms with van der Waals surface area (Å²) in [5.41, 5.74) is 0. The van der Waals surface area contributed by atoms with E-state index in [4.69, 9.17) is 52.1 Å². The van der Waals surface area contributed by atoms with Crippen LogP contribution in [-0.2, 0) is 52.1 Å².